The fraction of sp³-hybridized carbons (Fsp3) is 0.167. The van der Waals surface area contributed by atoms with Crippen LogP contribution in [0.25, 0.3) is 11.1 Å². The molecule has 2 heterocycles. The number of nitrogens with one attached hydrogen (secondary N) is 1. The van der Waals surface area contributed by atoms with Crippen LogP contribution in [0.4, 0.5) is 17.6 Å². The highest BCUT2D eigenvalue weighted by Gasteiger charge is 2.36. The Morgan fingerprint density at radius 3 is 2.50 bits per heavy atom. The van der Waals surface area contributed by atoms with Crippen LogP contribution in [0.1, 0.15) is 22.5 Å². The van der Waals surface area contributed by atoms with E-state index in [9.17, 15) is 27.2 Å². The largest absolute Gasteiger partial charge is 0.451 e. The average molecular weight is 499 g/mol. The number of hydrogen-bond donors (Lipinski definition) is 1. The average Bonchev–Trinajstić information content (AvgIpc) is 3.12. The molecule has 4 rings (SSSR count). The second-order valence-corrected chi connectivity index (χ2v) is 7.91. The van der Waals surface area contributed by atoms with Gasteiger partial charge < -0.3 is 9.30 Å². The molecule has 1 N–H and O–H groups in total. The Morgan fingerprint density at radius 2 is 1.89 bits per heavy atom. The van der Waals surface area contributed by atoms with Crippen LogP contribution in [0.15, 0.2) is 58.3 Å². The Labute approximate surface area is 200 Å². The molecule has 0 aliphatic carbocycles. The van der Waals surface area contributed by atoms with Crippen LogP contribution in [-0.2, 0) is 19.8 Å². The zero-order valence-corrected chi connectivity index (χ0v) is 18.9. The minimum atomic E-state index is -4.88. The minimum absolute atomic E-state index is 0.0549. The number of hydrogen-bond acceptors (Lipinski definition) is 5. The topological polar surface area (TPSA) is 106 Å². The summed E-state index contributed by atoms with van der Waals surface area (Å²) in [5.41, 5.74) is -1.34. The molecule has 36 heavy (non-hydrogen) atoms. The number of alkyl halides is 3. The molecule has 0 atom stereocenters. The zero-order valence-electron chi connectivity index (χ0n) is 18.9. The number of aromatic amines is 1. The quantitative estimate of drug-likeness (QED) is 0.416. The van der Waals surface area contributed by atoms with Gasteiger partial charge in [-0.3, -0.25) is 9.36 Å². The summed E-state index contributed by atoms with van der Waals surface area (Å²) in [5, 5.41) is 15.0. The van der Waals surface area contributed by atoms with Gasteiger partial charge in [0.05, 0.1) is 18.2 Å². The van der Waals surface area contributed by atoms with Gasteiger partial charge in [-0.15, -0.1) is 0 Å². The lowest BCUT2D eigenvalue weighted by molar-refractivity contribution is -0.138. The molecule has 2 aromatic heterocycles. The smallest absolute Gasteiger partial charge is 0.420 e. The standard InChI is InChI=1S/C24H17F4N5O3/c1-13-7-17(3-4-18(13)15-8-14(11-29)9-16(25)10-15)36-21-19(24(26,27)28)5-6-33(22(21)34)12-20-30-31-23(35)32(20)2/h3-10H,12H2,1-2H3,(H,31,35). The maximum Gasteiger partial charge on any atom is 0.420 e. The van der Waals surface area contributed by atoms with Gasteiger partial charge in [-0.05, 0) is 60.0 Å². The second kappa shape index (κ2) is 9.18. The highest BCUT2D eigenvalue weighted by Crippen LogP contribution is 2.37. The van der Waals surface area contributed by atoms with Gasteiger partial charge in [-0.1, -0.05) is 6.07 Å². The van der Waals surface area contributed by atoms with Crippen LogP contribution < -0.4 is 16.0 Å². The van der Waals surface area contributed by atoms with Crippen molar-refractivity contribution in [1.82, 2.24) is 19.3 Å². The van der Waals surface area contributed by atoms with Crippen LogP contribution in [0.2, 0.25) is 0 Å². The van der Waals surface area contributed by atoms with E-state index < -0.39 is 34.6 Å². The fourth-order valence-corrected chi connectivity index (χ4v) is 3.62. The van der Waals surface area contributed by atoms with Crippen LogP contribution in [0.5, 0.6) is 11.5 Å². The molecule has 0 amide bonds. The lowest BCUT2D eigenvalue weighted by Gasteiger charge is -2.16. The second-order valence-electron chi connectivity index (χ2n) is 7.91. The molecule has 0 bridgehead atoms. The molecular weight excluding hydrogens is 482 g/mol. The Morgan fingerprint density at radius 1 is 1.14 bits per heavy atom. The van der Waals surface area contributed by atoms with E-state index in [0.717, 1.165) is 21.4 Å². The SMILES string of the molecule is Cc1cc(Oc2c(C(F)(F)F)ccn(Cc3n[nH]c(=O)n3C)c2=O)ccc1-c1cc(F)cc(C#N)c1. The number of pyridine rings is 1. The summed E-state index contributed by atoms with van der Waals surface area (Å²) in [5.74, 6) is -1.49. The van der Waals surface area contributed by atoms with Crippen molar-refractivity contribution in [3.8, 4) is 28.7 Å². The summed E-state index contributed by atoms with van der Waals surface area (Å²) in [4.78, 5) is 24.6. The lowest BCUT2D eigenvalue weighted by Crippen LogP contribution is -2.26. The Balaban J connectivity index is 1.74. The zero-order chi connectivity index (χ0) is 26.2. The van der Waals surface area contributed by atoms with E-state index >= 15 is 0 Å². The first-order chi connectivity index (χ1) is 17.0. The first kappa shape index (κ1) is 24.5. The number of nitriles is 1. The summed E-state index contributed by atoms with van der Waals surface area (Å²) in [6.45, 7) is 1.35. The maximum absolute atomic E-state index is 13.9. The number of benzene rings is 2. The molecule has 12 heteroatoms. The minimum Gasteiger partial charge on any atom is -0.451 e. The van der Waals surface area contributed by atoms with Crippen molar-refractivity contribution >= 4 is 0 Å². The summed E-state index contributed by atoms with van der Waals surface area (Å²) in [6.07, 6.45) is -3.93. The molecule has 0 spiro atoms. The highest BCUT2D eigenvalue weighted by molar-refractivity contribution is 5.69. The molecule has 0 radical (unpaired) electrons. The van der Waals surface area contributed by atoms with Crippen molar-refractivity contribution < 1.29 is 22.3 Å². The van der Waals surface area contributed by atoms with Gasteiger partial charge in [-0.2, -0.15) is 23.5 Å². The normalized spacial score (nSPS) is 11.4. The van der Waals surface area contributed by atoms with E-state index in [1.165, 1.54) is 37.4 Å². The third-order valence-electron chi connectivity index (χ3n) is 5.47. The van der Waals surface area contributed by atoms with Gasteiger partial charge in [-0.25, -0.2) is 14.3 Å². The van der Waals surface area contributed by atoms with Crippen LogP contribution in [0, 0.1) is 24.1 Å². The van der Waals surface area contributed by atoms with E-state index in [1.807, 2.05) is 6.07 Å². The van der Waals surface area contributed by atoms with E-state index in [2.05, 4.69) is 10.2 Å². The van der Waals surface area contributed by atoms with Crippen molar-refractivity contribution in [3.05, 3.63) is 97.8 Å². The van der Waals surface area contributed by atoms with Crippen molar-refractivity contribution in [3.63, 3.8) is 0 Å². The maximum atomic E-state index is 13.9. The molecular formula is C24H17F4N5O3. The molecule has 0 aliphatic heterocycles. The molecule has 0 aliphatic rings. The van der Waals surface area contributed by atoms with Crippen molar-refractivity contribution in [2.45, 2.75) is 19.6 Å². The van der Waals surface area contributed by atoms with Gasteiger partial charge in [0.1, 0.15) is 17.1 Å². The third kappa shape index (κ3) is 4.76. The monoisotopic (exact) mass is 499 g/mol. The summed E-state index contributed by atoms with van der Waals surface area (Å²) in [7, 11) is 1.40. The van der Waals surface area contributed by atoms with Crippen LogP contribution in [-0.4, -0.2) is 19.3 Å². The van der Waals surface area contributed by atoms with E-state index in [4.69, 9.17) is 10.00 Å². The van der Waals surface area contributed by atoms with Crippen molar-refractivity contribution in [1.29, 1.82) is 5.26 Å². The van der Waals surface area contributed by atoms with Gasteiger partial charge >= 0.3 is 11.9 Å². The number of aryl methyl sites for hydroxylation is 1. The van der Waals surface area contributed by atoms with Crippen molar-refractivity contribution in [2.75, 3.05) is 0 Å². The predicted octanol–water partition coefficient (Wildman–Crippen LogP) is 4.12. The van der Waals surface area contributed by atoms with E-state index in [0.29, 0.717) is 22.8 Å². The number of halogens is 4. The van der Waals surface area contributed by atoms with Crippen LogP contribution in [0.3, 0.4) is 0 Å². The van der Waals surface area contributed by atoms with E-state index in [1.54, 1.807) is 6.92 Å². The molecule has 0 saturated heterocycles. The number of ether oxygens (including phenoxy) is 1. The van der Waals surface area contributed by atoms with Gasteiger partial charge in [0.15, 0.2) is 5.82 Å². The molecule has 2 aromatic carbocycles. The third-order valence-corrected chi connectivity index (χ3v) is 5.47. The van der Waals surface area contributed by atoms with Gasteiger partial charge in [0.25, 0.3) is 5.56 Å². The molecule has 0 saturated carbocycles. The number of nitrogens with zero attached hydrogens (tertiary/aromatic N) is 4. The fourth-order valence-electron chi connectivity index (χ4n) is 3.62. The van der Waals surface area contributed by atoms with Gasteiger partial charge in [0.2, 0.25) is 5.75 Å². The summed E-state index contributed by atoms with van der Waals surface area (Å²) in [6, 6.07) is 10.6. The Bertz CT molecular complexity index is 1630. The summed E-state index contributed by atoms with van der Waals surface area (Å²) >= 11 is 0. The molecule has 8 nitrogen and oxygen atoms in total. The first-order valence-electron chi connectivity index (χ1n) is 10.4. The number of aromatic nitrogens is 4. The van der Waals surface area contributed by atoms with E-state index in [-0.39, 0.29) is 23.7 Å². The first-order valence-corrected chi connectivity index (χ1v) is 10.4. The molecule has 184 valence electrons. The molecule has 0 unspecified atom stereocenters. The van der Waals surface area contributed by atoms with Crippen LogP contribution >= 0.6 is 0 Å². The Kier molecular flexibility index (Phi) is 6.24. The predicted molar refractivity (Wildman–Crippen MR) is 120 cm³/mol. The molecule has 0 fully saturated rings. The van der Waals surface area contributed by atoms with Gasteiger partial charge in [0, 0.05) is 13.2 Å². The highest BCUT2D eigenvalue weighted by atomic mass is 19.4. The number of H-pyrrole nitrogens is 1. The lowest BCUT2D eigenvalue weighted by atomic mass is 9.98. The van der Waals surface area contributed by atoms with Crippen molar-refractivity contribution in [2.24, 2.45) is 7.05 Å². The molecule has 4 aromatic rings. The number of rotatable bonds is 5. The Hall–Kier alpha value is -4.66. The summed E-state index contributed by atoms with van der Waals surface area (Å²) < 4.78 is 62.4.